The van der Waals surface area contributed by atoms with Crippen molar-refractivity contribution in [3.63, 3.8) is 0 Å². The predicted molar refractivity (Wildman–Crippen MR) is 134 cm³/mol. The van der Waals surface area contributed by atoms with Crippen molar-refractivity contribution in [3.8, 4) is 0 Å². The monoisotopic (exact) mass is 426 g/mol. The Morgan fingerprint density at radius 2 is 1.23 bits per heavy atom. The van der Waals surface area contributed by atoms with E-state index in [0.717, 1.165) is 36.1 Å². The van der Waals surface area contributed by atoms with Crippen molar-refractivity contribution in [3.05, 3.63) is 23.8 Å². The van der Waals surface area contributed by atoms with Gasteiger partial charge >= 0.3 is 0 Å². The molecule has 2 fully saturated rings. The number of benzene rings is 1. The lowest BCUT2D eigenvalue weighted by molar-refractivity contribution is -0.121. The first-order valence-corrected chi connectivity index (χ1v) is 12.6. The number of anilines is 2. The van der Waals surface area contributed by atoms with Crippen LogP contribution in [0.15, 0.2) is 18.2 Å². The molecule has 3 heteroatoms. The summed E-state index contributed by atoms with van der Waals surface area (Å²) < 4.78 is 0. The molecule has 3 rings (SSSR count). The average molecular weight is 427 g/mol. The van der Waals surface area contributed by atoms with E-state index in [1.165, 1.54) is 44.1 Å². The molecule has 1 aromatic carbocycles. The number of hydrogen-bond donors (Lipinski definition) is 2. The van der Waals surface area contributed by atoms with Crippen molar-refractivity contribution in [2.24, 2.45) is 28.6 Å². The standard InChI is InChI=1S/C28H46N2O/c1-27(2,3)22-12-8-19(9-13-22)21-16-24(29-7)18-25(17-21)30-26(31)20-10-14-23(15-11-20)28(4,5)6/h16-20,22-23,29H,8-15H2,1-7H3,(H,30,31). The number of nitrogens with one attached hydrogen (secondary N) is 2. The van der Waals surface area contributed by atoms with E-state index in [4.69, 9.17) is 0 Å². The van der Waals surface area contributed by atoms with Gasteiger partial charge in [-0.15, -0.1) is 0 Å². The molecular weight excluding hydrogens is 380 g/mol. The Labute approximate surface area is 191 Å². The maximum Gasteiger partial charge on any atom is 0.227 e. The van der Waals surface area contributed by atoms with Crippen LogP contribution in [0.1, 0.15) is 104 Å². The summed E-state index contributed by atoms with van der Waals surface area (Å²) in [6.07, 6.45) is 9.47. The largest absolute Gasteiger partial charge is 0.388 e. The van der Waals surface area contributed by atoms with Crippen LogP contribution in [0.3, 0.4) is 0 Å². The molecule has 1 aromatic rings. The van der Waals surface area contributed by atoms with E-state index in [2.05, 4.69) is 70.4 Å². The second-order valence-electron chi connectivity index (χ2n) is 12.4. The van der Waals surface area contributed by atoms with E-state index in [1.54, 1.807) is 0 Å². The second kappa shape index (κ2) is 9.55. The molecule has 0 saturated heterocycles. The van der Waals surface area contributed by atoms with Crippen LogP contribution >= 0.6 is 0 Å². The smallest absolute Gasteiger partial charge is 0.227 e. The molecule has 2 N–H and O–H groups in total. The molecule has 31 heavy (non-hydrogen) atoms. The van der Waals surface area contributed by atoms with Crippen LogP contribution < -0.4 is 10.6 Å². The Morgan fingerprint density at radius 3 is 1.71 bits per heavy atom. The Bertz CT molecular complexity index is 739. The Morgan fingerprint density at radius 1 is 0.742 bits per heavy atom. The van der Waals surface area contributed by atoms with E-state index in [9.17, 15) is 4.79 Å². The van der Waals surface area contributed by atoms with Crippen LogP contribution in [0.5, 0.6) is 0 Å². The lowest BCUT2D eigenvalue weighted by atomic mass is 9.68. The maximum absolute atomic E-state index is 13.0. The molecule has 0 spiro atoms. The molecule has 0 bridgehead atoms. The van der Waals surface area contributed by atoms with Gasteiger partial charge in [0, 0.05) is 24.3 Å². The van der Waals surface area contributed by atoms with Crippen LogP contribution in [0, 0.1) is 28.6 Å². The van der Waals surface area contributed by atoms with Crippen molar-refractivity contribution >= 4 is 17.3 Å². The van der Waals surface area contributed by atoms with Gasteiger partial charge in [0.1, 0.15) is 0 Å². The molecule has 0 heterocycles. The molecule has 2 aliphatic rings. The third kappa shape index (κ3) is 6.26. The first kappa shape index (κ1) is 24.1. The van der Waals surface area contributed by atoms with Crippen molar-refractivity contribution in [2.45, 2.75) is 98.8 Å². The molecule has 0 atom stereocenters. The van der Waals surface area contributed by atoms with Crippen LogP contribution in [-0.2, 0) is 4.79 Å². The Balaban J connectivity index is 1.64. The zero-order valence-electron chi connectivity index (χ0n) is 21.1. The fraction of sp³-hybridized carbons (Fsp3) is 0.750. The average Bonchev–Trinajstić information content (AvgIpc) is 2.72. The highest BCUT2D eigenvalue weighted by Crippen LogP contribution is 2.44. The van der Waals surface area contributed by atoms with E-state index in [1.807, 2.05) is 7.05 Å². The van der Waals surface area contributed by atoms with Gasteiger partial charge in [0.2, 0.25) is 5.91 Å². The van der Waals surface area contributed by atoms with Gasteiger partial charge in [0.25, 0.3) is 0 Å². The fourth-order valence-corrected chi connectivity index (χ4v) is 5.86. The summed E-state index contributed by atoms with van der Waals surface area (Å²) in [5.41, 5.74) is 4.20. The third-order valence-corrected chi connectivity index (χ3v) is 8.26. The summed E-state index contributed by atoms with van der Waals surface area (Å²) in [4.78, 5) is 13.0. The zero-order chi connectivity index (χ0) is 22.8. The summed E-state index contributed by atoms with van der Waals surface area (Å²) in [7, 11) is 1.97. The van der Waals surface area contributed by atoms with Crippen LogP contribution in [0.4, 0.5) is 11.4 Å². The van der Waals surface area contributed by atoms with Gasteiger partial charge in [-0.3, -0.25) is 4.79 Å². The van der Waals surface area contributed by atoms with Crippen molar-refractivity contribution in [1.29, 1.82) is 0 Å². The van der Waals surface area contributed by atoms with E-state index in [-0.39, 0.29) is 11.8 Å². The van der Waals surface area contributed by atoms with Crippen LogP contribution in [0.25, 0.3) is 0 Å². The highest BCUT2D eigenvalue weighted by Gasteiger charge is 2.33. The zero-order valence-corrected chi connectivity index (χ0v) is 21.1. The molecule has 174 valence electrons. The van der Waals surface area contributed by atoms with Gasteiger partial charge < -0.3 is 10.6 Å². The van der Waals surface area contributed by atoms with Crippen molar-refractivity contribution < 1.29 is 4.79 Å². The molecule has 3 nitrogen and oxygen atoms in total. The first-order chi connectivity index (χ1) is 14.5. The number of carbonyl (C=O) groups is 1. The molecule has 1 amide bonds. The highest BCUT2D eigenvalue weighted by atomic mass is 16.1. The highest BCUT2D eigenvalue weighted by molar-refractivity contribution is 5.93. The number of amides is 1. The predicted octanol–water partition coefficient (Wildman–Crippen LogP) is 7.84. The summed E-state index contributed by atoms with van der Waals surface area (Å²) in [6.45, 7) is 14.1. The number of carbonyl (C=O) groups excluding carboxylic acids is 1. The van der Waals surface area contributed by atoms with E-state index >= 15 is 0 Å². The molecule has 0 radical (unpaired) electrons. The number of rotatable bonds is 4. The van der Waals surface area contributed by atoms with Gasteiger partial charge in [-0.05, 0) is 104 Å². The van der Waals surface area contributed by atoms with E-state index < -0.39 is 0 Å². The molecule has 2 saturated carbocycles. The molecule has 0 aromatic heterocycles. The third-order valence-electron chi connectivity index (χ3n) is 8.26. The topological polar surface area (TPSA) is 41.1 Å². The Hall–Kier alpha value is -1.51. The Kier molecular flexibility index (Phi) is 7.43. The minimum absolute atomic E-state index is 0.155. The minimum Gasteiger partial charge on any atom is -0.388 e. The summed E-state index contributed by atoms with van der Waals surface area (Å²) in [5, 5.41) is 6.58. The fourth-order valence-electron chi connectivity index (χ4n) is 5.86. The van der Waals surface area contributed by atoms with Gasteiger partial charge in [-0.1, -0.05) is 41.5 Å². The summed E-state index contributed by atoms with van der Waals surface area (Å²) in [5.74, 6) is 2.52. The van der Waals surface area contributed by atoms with E-state index in [0.29, 0.717) is 16.7 Å². The molecule has 0 unspecified atom stereocenters. The lowest BCUT2D eigenvalue weighted by Gasteiger charge is -2.37. The summed E-state index contributed by atoms with van der Waals surface area (Å²) in [6, 6.07) is 6.61. The van der Waals surface area contributed by atoms with Gasteiger partial charge in [0.15, 0.2) is 0 Å². The normalized spacial score (nSPS) is 27.6. The van der Waals surface area contributed by atoms with Gasteiger partial charge in [-0.25, -0.2) is 0 Å². The van der Waals surface area contributed by atoms with Gasteiger partial charge in [0.05, 0.1) is 0 Å². The second-order valence-corrected chi connectivity index (χ2v) is 12.4. The maximum atomic E-state index is 13.0. The first-order valence-electron chi connectivity index (χ1n) is 12.6. The summed E-state index contributed by atoms with van der Waals surface area (Å²) >= 11 is 0. The molecular formula is C28H46N2O. The van der Waals surface area contributed by atoms with Gasteiger partial charge in [-0.2, -0.15) is 0 Å². The van der Waals surface area contributed by atoms with Crippen LogP contribution in [0.2, 0.25) is 0 Å². The quantitative estimate of drug-likeness (QED) is 0.515. The van der Waals surface area contributed by atoms with Crippen LogP contribution in [-0.4, -0.2) is 13.0 Å². The lowest BCUT2D eigenvalue weighted by Crippen LogP contribution is -2.31. The van der Waals surface area contributed by atoms with Crippen molar-refractivity contribution in [2.75, 3.05) is 17.7 Å². The van der Waals surface area contributed by atoms with Crippen molar-refractivity contribution in [1.82, 2.24) is 0 Å². The molecule has 2 aliphatic carbocycles. The number of hydrogen-bond acceptors (Lipinski definition) is 2. The minimum atomic E-state index is 0.155. The molecule has 0 aliphatic heterocycles. The SMILES string of the molecule is CNc1cc(NC(=O)C2CCC(C(C)(C)C)CC2)cc(C2CCC(C(C)(C)C)CC2)c1.